The summed E-state index contributed by atoms with van der Waals surface area (Å²) in [6, 6.07) is 20.4. The molecule has 3 nitrogen and oxygen atoms in total. The average molecular weight is 849 g/mol. The summed E-state index contributed by atoms with van der Waals surface area (Å²) in [4.78, 5) is 25.3. The second-order valence-corrected chi connectivity index (χ2v) is 23.7. The van der Waals surface area contributed by atoms with Gasteiger partial charge in [0.15, 0.2) is 0 Å². The van der Waals surface area contributed by atoms with Crippen molar-refractivity contribution >= 4 is 30.1 Å². The van der Waals surface area contributed by atoms with Gasteiger partial charge >= 0.3 is 0 Å². The Labute approximate surface area is 375 Å². The van der Waals surface area contributed by atoms with Crippen molar-refractivity contribution < 1.29 is 14.3 Å². The number of benzene rings is 4. The number of rotatable bonds is 17. The molecule has 0 amide bonds. The van der Waals surface area contributed by atoms with E-state index in [1.807, 2.05) is 0 Å². The van der Waals surface area contributed by atoms with Gasteiger partial charge in [0.1, 0.15) is 0 Å². The Hall–Kier alpha value is -2.29. The molecule has 0 radical (unpaired) electrons. The third-order valence-corrected chi connectivity index (χ3v) is 17.5. The van der Waals surface area contributed by atoms with Crippen LogP contribution in [0, 0.1) is 5.92 Å². The number of fused-ring (bicyclic) bond motifs is 2. The van der Waals surface area contributed by atoms with Gasteiger partial charge in [-0.15, -0.1) is 0 Å². The highest BCUT2D eigenvalue weighted by Gasteiger charge is 2.41. The molecule has 5 rings (SSSR count). The normalized spacial score (nSPS) is 17.7. The maximum Gasteiger partial charge on any atom is 0.0622 e. The van der Waals surface area contributed by atoms with E-state index in [1.54, 1.807) is 0 Å². The van der Waals surface area contributed by atoms with Crippen LogP contribution in [-0.4, -0.2) is 6.10 Å². The van der Waals surface area contributed by atoms with Gasteiger partial charge in [-0.25, -0.2) is 0 Å². The summed E-state index contributed by atoms with van der Waals surface area (Å²) < 4.78 is 6.08. The van der Waals surface area contributed by atoms with E-state index in [2.05, 4.69) is 173 Å². The monoisotopic (exact) mass is 849 g/mol. The van der Waals surface area contributed by atoms with E-state index in [0.717, 1.165) is 64.2 Å². The predicted molar refractivity (Wildman–Crippen MR) is 263 cm³/mol. The quantitative estimate of drug-likeness (QED) is 0.0995. The second-order valence-electron chi connectivity index (χ2n) is 23.1. The van der Waals surface area contributed by atoms with Gasteiger partial charge < -0.3 is 14.3 Å². The van der Waals surface area contributed by atoms with Crippen LogP contribution < -0.4 is 9.79 Å². The molecule has 1 aliphatic rings. The summed E-state index contributed by atoms with van der Waals surface area (Å²) in [6.45, 7) is 42.8. The van der Waals surface area contributed by atoms with Crippen LogP contribution in [0.1, 0.15) is 239 Å². The lowest BCUT2D eigenvalue weighted by atomic mass is 9.64. The average Bonchev–Trinajstić information content (AvgIpc) is 3.22. The fourth-order valence-corrected chi connectivity index (χ4v) is 10.5. The van der Waals surface area contributed by atoms with Crippen LogP contribution >= 0.6 is 8.60 Å². The molecule has 0 heterocycles. The van der Waals surface area contributed by atoms with Gasteiger partial charge in [0.2, 0.25) is 0 Å². The Morgan fingerprint density at radius 2 is 0.820 bits per heavy atom. The first-order valence-electron chi connectivity index (χ1n) is 24.3. The lowest BCUT2D eigenvalue weighted by Crippen LogP contribution is -2.36. The standard InChI is InChI=1S/C57H85O3P/c1-19-52(7,8)39-29-37-31-46(54(11,12)21-3)44(35-42(37)48(33-39)56(15,16)23-5)51(41-27-25-26-28-50(41)60-61(58)59)45-36-43-38(32-47(45)55(13,14)22-4)30-40(53(9,10)20-2)34-49(43)57(17,18)24-6/h29-36,41,50-51H,19-28H2,1-18H3/q-2. The van der Waals surface area contributed by atoms with E-state index >= 15 is 0 Å². The number of hydrogen-bond acceptors (Lipinski definition) is 3. The highest BCUT2D eigenvalue weighted by atomic mass is 31.2. The van der Waals surface area contributed by atoms with Gasteiger partial charge in [0.05, 0.1) is 6.10 Å². The third-order valence-electron chi connectivity index (χ3n) is 17.1. The van der Waals surface area contributed by atoms with Gasteiger partial charge in [-0.3, -0.25) is 0 Å². The van der Waals surface area contributed by atoms with Crippen LogP contribution in [0.3, 0.4) is 0 Å². The molecule has 1 aliphatic carbocycles. The molecule has 61 heavy (non-hydrogen) atoms. The van der Waals surface area contributed by atoms with Crippen LogP contribution in [0.15, 0.2) is 48.5 Å². The van der Waals surface area contributed by atoms with E-state index in [4.69, 9.17) is 4.52 Å². The first-order chi connectivity index (χ1) is 28.2. The summed E-state index contributed by atoms with van der Waals surface area (Å²) in [6.07, 6.45) is 9.47. The van der Waals surface area contributed by atoms with Crippen molar-refractivity contribution in [2.24, 2.45) is 5.92 Å². The lowest BCUT2D eigenvalue weighted by Gasteiger charge is -2.45. The van der Waals surface area contributed by atoms with Crippen LogP contribution in [-0.2, 0) is 37.0 Å². The minimum atomic E-state index is -3.01. The Morgan fingerprint density at radius 1 is 0.475 bits per heavy atom. The minimum absolute atomic E-state index is 0.0174. The summed E-state index contributed by atoms with van der Waals surface area (Å²) in [5, 5.41) is 5.30. The Bertz CT molecular complexity index is 2030. The summed E-state index contributed by atoms with van der Waals surface area (Å²) in [5.74, 6) is -0.0966. The van der Waals surface area contributed by atoms with Gasteiger partial charge in [-0.2, -0.15) is 8.60 Å². The van der Waals surface area contributed by atoms with Crippen molar-refractivity contribution in [1.82, 2.24) is 0 Å². The molecular weight excluding hydrogens is 764 g/mol. The van der Waals surface area contributed by atoms with Gasteiger partial charge in [-0.1, -0.05) is 174 Å². The smallest absolute Gasteiger partial charge is 0.0622 e. The van der Waals surface area contributed by atoms with Crippen LogP contribution in [0.4, 0.5) is 0 Å². The number of hydrogen-bond donors (Lipinski definition) is 0. The summed E-state index contributed by atoms with van der Waals surface area (Å²) >= 11 is 0. The zero-order valence-corrected chi connectivity index (χ0v) is 43.0. The maximum absolute atomic E-state index is 12.7. The SMILES string of the molecule is CCC(C)(C)c1cc(C(C)(C)CC)c2cc(C(c3cc4c(C(C)(C)CC)cc(C(C)(C)CC)cc4cc3C(C)(C)CC)C3CCCCC3OP([O-])[O-])c(C(C)(C)CC)cc2c1. The van der Waals surface area contributed by atoms with E-state index in [1.165, 1.54) is 66.1 Å². The lowest BCUT2D eigenvalue weighted by molar-refractivity contribution is -0.323. The third kappa shape index (κ3) is 9.87. The van der Waals surface area contributed by atoms with Gasteiger partial charge in [-0.05, 0) is 168 Å². The van der Waals surface area contributed by atoms with E-state index in [-0.39, 0.29) is 50.4 Å². The highest BCUT2D eigenvalue weighted by Crippen LogP contribution is 2.53. The molecule has 4 heteroatoms. The van der Waals surface area contributed by atoms with Crippen LogP contribution in [0.2, 0.25) is 0 Å². The molecule has 0 bridgehead atoms. The Kier molecular flexibility index (Phi) is 14.9. The van der Waals surface area contributed by atoms with Crippen molar-refractivity contribution in [3.8, 4) is 0 Å². The molecule has 4 aromatic rings. The maximum atomic E-state index is 12.7. The van der Waals surface area contributed by atoms with E-state index in [9.17, 15) is 9.79 Å². The van der Waals surface area contributed by atoms with Crippen molar-refractivity contribution in [2.75, 3.05) is 0 Å². The molecule has 1 fully saturated rings. The molecule has 4 aromatic carbocycles. The highest BCUT2D eigenvalue weighted by molar-refractivity contribution is 7.36. The predicted octanol–water partition coefficient (Wildman–Crippen LogP) is 15.8. The summed E-state index contributed by atoms with van der Waals surface area (Å²) in [5.41, 5.74) is 10.8. The van der Waals surface area contributed by atoms with Crippen LogP contribution in [0.5, 0.6) is 0 Å². The Morgan fingerprint density at radius 3 is 1.16 bits per heavy atom. The van der Waals surface area contributed by atoms with E-state index in [0.29, 0.717) is 0 Å². The molecule has 2 atom stereocenters. The van der Waals surface area contributed by atoms with E-state index < -0.39 is 8.60 Å². The molecule has 2 unspecified atom stereocenters. The molecule has 0 aromatic heterocycles. The topological polar surface area (TPSA) is 55.3 Å². The molecule has 0 N–H and O–H groups in total. The first kappa shape index (κ1) is 49.7. The fourth-order valence-electron chi connectivity index (χ4n) is 9.99. The molecule has 0 aliphatic heterocycles. The van der Waals surface area contributed by atoms with Gasteiger partial charge in [0, 0.05) is 5.92 Å². The van der Waals surface area contributed by atoms with Crippen molar-refractivity contribution in [3.05, 3.63) is 93.0 Å². The summed E-state index contributed by atoms with van der Waals surface area (Å²) in [7, 11) is -3.01. The van der Waals surface area contributed by atoms with Crippen LogP contribution in [0.25, 0.3) is 21.5 Å². The molecule has 338 valence electrons. The van der Waals surface area contributed by atoms with Crippen molar-refractivity contribution in [3.63, 3.8) is 0 Å². The first-order valence-corrected chi connectivity index (χ1v) is 25.4. The molecule has 1 saturated carbocycles. The van der Waals surface area contributed by atoms with Gasteiger partial charge in [0.25, 0.3) is 0 Å². The second kappa shape index (κ2) is 18.3. The zero-order chi connectivity index (χ0) is 45.7. The fraction of sp³-hybridized carbons (Fsp3) is 0.649. The Balaban J connectivity index is 2.08. The molecular formula is C57H85O3P-2. The minimum Gasteiger partial charge on any atom is -0.820 e. The largest absolute Gasteiger partial charge is 0.820 e. The van der Waals surface area contributed by atoms with Crippen molar-refractivity contribution in [1.29, 1.82) is 0 Å². The molecule has 0 saturated heterocycles. The molecule has 0 spiro atoms. The zero-order valence-electron chi connectivity index (χ0n) is 42.1. The van der Waals surface area contributed by atoms with Crippen molar-refractivity contribution in [2.45, 2.75) is 233 Å².